The Balaban J connectivity index is 1.07. The Morgan fingerprint density at radius 2 is 1.08 bits per heavy atom. The van der Waals surface area contributed by atoms with Gasteiger partial charge in [0.25, 0.3) is 0 Å². The fraction of sp³-hybridized carbons (Fsp3) is 0.0169. The highest BCUT2D eigenvalue weighted by Crippen LogP contribution is 2.43. The summed E-state index contributed by atoms with van der Waals surface area (Å²) in [6.45, 7) is 6.70. The van der Waals surface area contributed by atoms with Crippen LogP contribution in [0.4, 0.5) is 0 Å². The van der Waals surface area contributed by atoms with Gasteiger partial charge in [0.05, 0.1) is 16.7 Å². The van der Waals surface area contributed by atoms with E-state index in [9.17, 15) is 0 Å². The van der Waals surface area contributed by atoms with Gasteiger partial charge in [0.2, 0.25) is 0 Å². The topological polar surface area (TPSA) is 29.6 Å². The number of rotatable bonds is 5. The summed E-state index contributed by atoms with van der Waals surface area (Å²) in [5, 5.41) is 14.7. The van der Waals surface area contributed by atoms with Crippen molar-refractivity contribution in [1.82, 2.24) is 4.57 Å². The maximum Gasteiger partial charge on any atom is 0.160 e. The van der Waals surface area contributed by atoms with Crippen LogP contribution in [0.25, 0.3) is 106 Å². The minimum absolute atomic E-state index is 0.627. The number of aromatic nitrogens is 1. The summed E-state index contributed by atoms with van der Waals surface area (Å²) in [7, 11) is 0. The molecule has 0 aliphatic carbocycles. The number of aliphatic imine (C=N–C) groups is 2. The van der Waals surface area contributed by atoms with E-state index in [2.05, 4.69) is 212 Å². The Kier molecular flexibility index (Phi) is 8.32. The Labute approximate surface area is 376 Å². The first-order valence-electron chi connectivity index (χ1n) is 21.6. The largest absolute Gasteiger partial charge is 0.309 e. The van der Waals surface area contributed by atoms with E-state index in [1.54, 1.807) is 11.3 Å². The van der Waals surface area contributed by atoms with Crippen molar-refractivity contribution >= 4 is 134 Å². The second kappa shape index (κ2) is 14.4. The average molecular weight is 852 g/mol. The van der Waals surface area contributed by atoms with E-state index in [-0.39, 0.29) is 0 Å². The molecule has 0 radical (unpaired) electrons. The van der Waals surface area contributed by atoms with E-state index in [0.717, 1.165) is 33.5 Å². The van der Waals surface area contributed by atoms with Gasteiger partial charge in [-0.25, -0.2) is 9.98 Å². The van der Waals surface area contributed by atoms with Gasteiger partial charge in [0.15, 0.2) is 5.84 Å². The maximum atomic E-state index is 5.60. The van der Waals surface area contributed by atoms with Crippen LogP contribution in [0.5, 0.6) is 0 Å². The molecule has 0 bridgehead atoms. The molecule has 64 heavy (non-hydrogen) atoms. The molecule has 3 aromatic heterocycles. The lowest BCUT2D eigenvalue weighted by Crippen LogP contribution is -2.06. The van der Waals surface area contributed by atoms with Gasteiger partial charge in [-0.15, -0.1) is 22.7 Å². The van der Waals surface area contributed by atoms with Gasteiger partial charge >= 0.3 is 0 Å². The zero-order chi connectivity index (χ0) is 42.5. The minimum atomic E-state index is 0.627. The molecule has 0 atom stereocenters. The van der Waals surface area contributed by atoms with Crippen LogP contribution in [-0.2, 0) is 0 Å². The summed E-state index contributed by atoms with van der Waals surface area (Å²) < 4.78 is 7.41. The number of para-hydroxylation sites is 1. The smallest absolute Gasteiger partial charge is 0.160 e. The number of hydrogen-bond donors (Lipinski definition) is 0. The Morgan fingerprint density at radius 1 is 0.438 bits per heavy atom. The zero-order valence-electron chi connectivity index (χ0n) is 34.8. The fourth-order valence-electron chi connectivity index (χ4n) is 9.77. The normalized spacial score (nSPS) is 12.7. The molecule has 0 saturated carbocycles. The van der Waals surface area contributed by atoms with Crippen LogP contribution in [-0.4, -0.2) is 16.1 Å². The third-order valence-corrected chi connectivity index (χ3v) is 15.2. The van der Waals surface area contributed by atoms with Gasteiger partial charge in [0, 0.05) is 79.2 Å². The average Bonchev–Trinajstić information content (AvgIpc) is 4.01. The lowest BCUT2D eigenvalue weighted by molar-refractivity contribution is 1.19. The monoisotopic (exact) mass is 851 g/mol. The highest BCUT2D eigenvalue weighted by Gasteiger charge is 2.20. The lowest BCUT2D eigenvalue weighted by Gasteiger charge is -2.13. The SMILES string of the molecule is C=C(/N=C(\N=C(/C)c1cc(-n2c3ccccc3c3cc4ccccc4cc32)cc2sc3c4ccccc4ccc3c12)c1ccc2c(c1)sc1ccccc12)c1ccc2ccccc2c1. The van der Waals surface area contributed by atoms with E-state index in [4.69, 9.17) is 9.98 Å². The van der Waals surface area contributed by atoms with E-state index in [1.807, 2.05) is 11.3 Å². The molecule has 0 N–H and O–H groups in total. The molecule has 3 nitrogen and oxygen atoms in total. The van der Waals surface area contributed by atoms with Crippen LogP contribution in [0.1, 0.15) is 23.6 Å². The Morgan fingerprint density at radius 3 is 1.92 bits per heavy atom. The first-order valence-corrected chi connectivity index (χ1v) is 23.2. The Hall–Kier alpha value is -7.70. The first kappa shape index (κ1) is 36.9. The molecule has 0 fully saturated rings. The highest BCUT2D eigenvalue weighted by molar-refractivity contribution is 7.27. The van der Waals surface area contributed by atoms with E-state index < -0.39 is 0 Å². The van der Waals surface area contributed by atoms with Crippen LogP contribution in [0.3, 0.4) is 0 Å². The number of thiophene rings is 2. The molecule has 0 aliphatic rings. The van der Waals surface area contributed by atoms with Crippen molar-refractivity contribution in [3.8, 4) is 5.69 Å². The van der Waals surface area contributed by atoms with Crippen molar-refractivity contribution in [2.24, 2.45) is 9.98 Å². The lowest BCUT2D eigenvalue weighted by atomic mass is 9.99. The second-order valence-electron chi connectivity index (χ2n) is 16.7. The predicted octanol–water partition coefficient (Wildman–Crippen LogP) is 16.9. The molecule has 0 aliphatic heterocycles. The van der Waals surface area contributed by atoms with Crippen LogP contribution in [0.2, 0.25) is 0 Å². The van der Waals surface area contributed by atoms with Gasteiger partial charge < -0.3 is 4.57 Å². The summed E-state index contributed by atoms with van der Waals surface area (Å²) in [5.41, 5.74) is 7.98. The van der Waals surface area contributed by atoms with Crippen molar-refractivity contribution in [2.75, 3.05) is 0 Å². The molecule has 0 spiro atoms. The van der Waals surface area contributed by atoms with Crippen LogP contribution in [0.15, 0.2) is 211 Å². The second-order valence-corrected chi connectivity index (χ2v) is 18.8. The summed E-state index contributed by atoms with van der Waals surface area (Å²) in [6, 6.07) is 70.3. The molecular formula is C59H37N3S2. The molecule has 10 aromatic carbocycles. The van der Waals surface area contributed by atoms with Crippen LogP contribution in [0, 0.1) is 0 Å². The van der Waals surface area contributed by atoms with Crippen LogP contribution >= 0.6 is 22.7 Å². The fourth-order valence-corrected chi connectivity index (χ4v) is 12.2. The summed E-state index contributed by atoms with van der Waals surface area (Å²) >= 11 is 3.67. The number of hydrogen-bond acceptors (Lipinski definition) is 3. The van der Waals surface area contributed by atoms with Gasteiger partial charge in [-0.3, -0.25) is 0 Å². The third-order valence-electron chi connectivity index (χ3n) is 12.9. The number of fused-ring (bicyclic) bond motifs is 13. The van der Waals surface area contributed by atoms with Crippen molar-refractivity contribution < 1.29 is 0 Å². The highest BCUT2D eigenvalue weighted by atomic mass is 32.1. The number of amidine groups is 1. The standard InChI is InChI=1S/C59H37N3S2/c1-35(39-24-23-37-13-3-4-15-40(37)29-39)60-59(43-26-27-48-47-20-10-12-22-54(47)63-55(48)32-43)61-36(2)50-33-44(34-56-57(50)49-28-25-38-14-7-8-18-45(38)58(49)64-56)62-52-21-11-9-19-46(52)51-30-41-16-5-6-17-42(41)31-53(51)62/h3-34H,1H2,2H3/b60-59-,61-36+. The number of nitrogens with zero attached hydrogens (tertiary/aromatic N) is 3. The van der Waals surface area contributed by atoms with Gasteiger partial charge in [-0.05, 0) is 87.8 Å². The van der Waals surface area contributed by atoms with Crippen molar-refractivity contribution in [3.63, 3.8) is 0 Å². The minimum Gasteiger partial charge on any atom is -0.309 e. The quantitative estimate of drug-likeness (QED) is 0.122. The summed E-state index contributed by atoms with van der Waals surface area (Å²) in [4.78, 5) is 10.9. The van der Waals surface area contributed by atoms with Gasteiger partial charge in [-0.1, -0.05) is 152 Å². The maximum absolute atomic E-state index is 5.60. The van der Waals surface area contributed by atoms with Crippen molar-refractivity contribution in [2.45, 2.75) is 6.92 Å². The molecule has 13 rings (SSSR count). The first-order chi connectivity index (χ1) is 31.5. The molecule has 0 saturated heterocycles. The van der Waals surface area contributed by atoms with E-state index in [0.29, 0.717) is 11.5 Å². The predicted molar refractivity (Wildman–Crippen MR) is 280 cm³/mol. The third kappa shape index (κ3) is 5.86. The van der Waals surface area contributed by atoms with Crippen molar-refractivity contribution in [1.29, 1.82) is 0 Å². The summed E-state index contributed by atoms with van der Waals surface area (Å²) in [5.74, 6) is 0.627. The molecular weight excluding hydrogens is 815 g/mol. The molecule has 300 valence electrons. The Bertz CT molecular complexity index is 4180. The molecule has 0 unspecified atom stereocenters. The number of benzene rings is 10. The molecule has 0 amide bonds. The van der Waals surface area contributed by atoms with Gasteiger partial charge in [0.1, 0.15) is 0 Å². The van der Waals surface area contributed by atoms with Gasteiger partial charge in [-0.2, -0.15) is 0 Å². The zero-order valence-corrected chi connectivity index (χ0v) is 36.5. The summed E-state index contributed by atoms with van der Waals surface area (Å²) in [6.07, 6.45) is 0. The van der Waals surface area contributed by atoms with E-state index in [1.165, 1.54) is 89.1 Å². The van der Waals surface area contributed by atoms with Crippen LogP contribution < -0.4 is 0 Å². The molecule has 13 aromatic rings. The molecule has 3 heterocycles. The van der Waals surface area contributed by atoms with Crippen molar-refractivity contribution in [3.05, 3.63) is 217 Å². The van der Waals surface area contributed by atoms with E-state index >= 15 is 0 Å². The molecule has 5 heteroatoms.